The summed E-state index contributed by atoms with van der Waals surface area (Å²) in [5, 5.41) is 15.1. The molecular weight excluding hydrogens is 274 g/mol. The standard InChI is InChI=1S/C14H15N3O4/c1-9-13(17(19)20)10(2)16(15-9)8-11-4-6-12(7-5-11)14(18)21-3/h4-7H,8H2,1-3H3. The van der Waals surface area contributed by atoms with E-state index in [0.717, 1.165) is 5.56 Å². The SMILES string of the molecule is COC(=O)c1ccc(Cn2nc(C)c([N+](=O)[O-])c2C)cc1. The number of benzene rings is 1. The molecule has 0 aliphatic rings. The topological polar surface area (TPSA) is 87.3 Å². The molecule has 7 heteroatoms. The lowest BCUT2D eigenvalue weighted by Gasteiger charge is -2.05. The number of methoxy groups -OCH3 is 1. The van der Waals surface area contributed by atoms with Gasteiger partial charge in [0.1, 0.15) is 11.4 Å². The van der Waals surface area contributed by atoms with Crippen molar-refractivity contribution < 1.29 is 14.5 Å². The largest absolute Gasteiger partial charge is 0.465 e. The molecule has 0 atom stereocenters. The second-order valence-corrected chi connectivity index (χ2v) is 4.62. The van der Waals surface area contributed by atoms with Crippen LogP contribution in [0.5, 0.6) is 0 Å². The quantitative estimate of drug-likeness (QED) is 0.489. The summed E-state index contributed by atoms with van der Waals surface area (Å²) in [6.07, 6.45) is 0. The number of rotatable bonds is 4. The van der Waals surface area contributed by atoms with Crippen LogP contribution in [0.2, 0.25) is 0 Å². The fraction of sp³-hybridized carbons (Fsp3) is 0.286. The number of hydrogen-bond acceptors (Lipinski definition) is 5. The molecule has 110 valence electrons. The molecule has 0 bridgehead atoms. The summed E-state index contributed by atoms with van der Waals surface area (Å²) in [4.78, 5) is 21.9. The van der Waals surface area contributed by atoms with E-state index in [4.69, 9.17) is 0 Å². The molecule has 21 heavy (non-hydrogen) atoms. The van der Waals surface area contributed by atoms with E-state index in [1.165, 1.54) is 7.11 Å². The molecule has 0 aliphatic carbocycles. The lowest BCUT2D eigenvalue weighted by atomic mass is 10.1. The Bertz CT molecular complexity index is 689. The Kier molecular flexibility index (Phi) is 4.02. The molecule has 0 amide bonds. The molecule has 1 aromatic heterocycles. The van der Waals surface area contributed by atoms with Gasteiger partial charge in [-0.15, -0.1) is 0 Å². The third kappa shape index (κ3) is 2.91. The van der Waals surface area contributed by atoms with Gasteiger partial charge in [0.15, 0.2) is 0 Å². The van der Waals surface area contributed by atoms with Crippen LogP contribution >= 0.6 is 0 Å². The minimum absolute atomic E-state index is 0.0428. The first-order valence-electron chi connectivity index (χ1n) is 6.29. The van der Waals surface area contributed by atoms with Crippen LogP contribution in [0.4, 0.5) is 5.69 Å². The van der Waals surface area contributed by atoms with Crippen molar-refractivity contribution in [1.82, 2.24) is 9.78 Å². The zero-order valence-electron chi connectivity index (χ0n) is 12.0. The average molecular weight is 289 g/mol. The van der Waals surface area contributed by atoms with Crippen molar-refractivity contribution in [3.63, 3.8) is 0 Å². The van der Waals surface area contributed by atoms with Crippen molar-refractivity contribution in [2.75, 3.05) is 7.11 Å². The van der Waals surface area contributed by atoms with Crippen molar-refractivity contribution in [2.45, 2.75) is 20.4 Å². The van der Waals surface area contributed by atoms with Crippen LogP contribution in [-0.2, 0) is 11.3 Å². The molecular formula is C14H15N3O4. The molecule has 2 rings (SSSR count). The van der Waals surface area contributed by atoms with E-state index in [-0.39, 0.29) is 5.69 Å². The number of carbonyl (C=O) groups excluding carboxylic acids is 1. The molecule has 2 aromatic rings. The predicted molar refractivity (Wildman–Crippen MR) is 75.2 cm³/mol. The van der Waals surface area contributed by atoms with Gasteiger partial charge in [-0.05, 0) is 31.5 Å². The molecule has 0 radical (unpaired) electrons. The van der Waals surface area contributed by atoms with Crippen molar-refractivity contribution in [1.29, 1.82) is 0 Å². The van der Waals surface area contributed by atoms with Gasteiger partial charge in [-0.25, -0.2) is 4.79 Å². The van der Waals surface area contributed by atoms with Gasteiger partial charge in [0.25, 0.3) is 0 Å². The van der Waals surface area contributed by atoms with Crippen LogP contribution in [0, 0.1) is 24.0 Å². The Morgan fingerprint density at radius 3 is 2.43 bits per heavy atom. The maximum Gasteiger partial charge on any atom is 0.337 e. The summed E-state index contributed by atoms with van der Waals surface area (Å²) in [7, 11) is 1.32. The number of carbonyl (C=O) groups is 1. The van der Waals surface area contributed by atoms with Gasteiger partial charge in [-0.1, -0.05) is 12.1 Å². The van der Waals surface area contributed by atoms with Crippen LogP contribution in [-0.4, -0.2) is 27.8 Å². The summed E-state index contributed by atoms with van der Waals surface area (Å²) in [5.74, 6) is -0.400. The number of ether oxygens (including phenoxy) is 1. The van der Waals surface area contributed by atoms with Crippen molar-refractivity contribution in [3.8, 4) is 0 Å². The molecule has 0 N–H and O–H groups in total. The van der Waals surface area contributed by atoms with Gasteiger partial charge in [-0.2, -0.15) is 5.10 Å². The van der Waals surface area contributed by atoms with Gasteiger partial charge in [0.05, 0.1) is 24.1 Å². The van der Waals surface area contributed by atoms with Crippen molar-refractivity contribution in [2.24, 2.45) is 0 Å². The van der Waals surface area contributed by atoms with Crippen molar-refractivity contribution >= 4 is 11.7 Å². The number of aromatic nitrogens is 2. The van der Waals surface area contributed by atoms with E-state index >= 15 is 0 Å². The minimum atomic E-state index is -0.422. The number of nitrogens with zero attached hydrogens (tertiary/aromatic N) is 3. The third-order valence-corrected chi connectivity index (χ3v) is 3.23. The van der Waals surface area contributed by atoms with Crippen LogP contribution in [0.3, 0.4) is 0 Å². The predicted octanol–water partition coefficient (Wildman–Crippen LogP) is 2.24. The lowest BCUT2D eigenvalue weighted by molar-refractivity contribution is -0.386. The second kappa shape index (κ2) is 5.74. The van der Waals surface area contributed by atoms with Gasteiger partial charge in [-0.3, -0.25) is 14.8 Å². The Morgan fingerprint density at radius 1 is 1.33 bits per heavy atom. The molecule has 0 saturated carbocycles. The molecule has 1 aromatic carbocycles. The zero-order valence-corrected chi connectivity index (χ0v) is 12.0. The summed E-state index contributed by atoms with van der Waals surface area (Å²) in [6, 6.07) is 6.85. The molecule has 0 aliphatic heterocycles. The van der Waals surface area contributed by atoms with E-state index < -0.39 is 10.9 Å². The minimum Gasteiger partial charge on any atom is -0.465 e. The first-order valence-corrected chi connectivity index (χ1v) is 6.29. The van der Waals surface area contributed by atoms with E-state index in [1.54, 1.807) is 42.8 Å². The Morgan fingerprint density at radius 2 is 1.95 bits per heavy atom. The Labute approximate surface area is 121 Å². The van der Waals surface area contributed by atoms with Crippen LogP contribution < -0.4 is 0 Å². The van der Waals surface area contributed by atoms with E-state index in [0.29, 0.717) is 23.5 Å². The van der Waals surface area contributed by atoms with Gasteiger partial charge >= 0.3 is 11.7 Å². The van der Waals surface area contributed by atoms with E-state index in [9.17, 15) is 14.9 Å². The van der Waals surface area contributed by atoms with Gasteiger partial charge in [0, 0.05) is 0 Å². The highest BCUT2D eigenvalue weighted by molar-refractivity contribution is 5.89. The molecule has 0 unspecified atom stereocenters. The number of hydrogen-bond donors (Lipinski definition) is 0. The van der Waals surface area contributed by atoms with Crippen LogP contribution in [0.15, 0.2) is 24.3 Å². The summed E-state index contributed by atoms with van der Waals surface area (Å²) in [5.41, 5.74) is 2.29. The first kappa shape index (κ1) is 14.7. The number of esters is 1. The van der Waals surface area contributed by atoms with E-state index in [2.05, 4.69) is 9.84 Å². The normalized spacial score (nSPS) is 10.4. The van der Waals surface area contributed by atoms with Crippen LogP contribution in [0.25, 0.3) is 0 Å². The monoisotopic (exact) mass is 289 g/mol. The smallest absolute Gasteiger partial charge is 0.337 e. The Balaban J connectivity index is 2.25. The Hall–Kier alpha value is -2.70. The van der Waals surface area contributed by atoms with E-state index in [1.807, 2.05) is 0 Å². The average Bonchev–Trinajstić information content (AvgIpc) is 2.73. The zero-order chi connectivity index (χ0) is 15.6. The third-order valence-electron chi connectivity index (χ3n) is 3.23. The highest BCUT2D eigenvalue weighted by Gasteiger charge is 2.21. The molecule has 0 fully saturated rings. The summed E-state index contributed by atoms with van der Waals surface area (Å²) in [6.45, 7) is 3.69. The lowest BCUT2D eigenvalue weighted by Crippen LogP contribution is -2.05. The molecule has 7 nitrogen and oxygen atoms in total. The van der Waals surface area contributed by atoms with Crippen LogP contribution in [0.1, 0.15) is 27.3 Å². The number of nitro groups is 1. The number of aryl methyl sites for hydroxylation is 1. The van der Waals surface area contributed by atoms with Gasteiger partial charge < -0.3 is 4.74 Å². The maximum atomic E-state index is 11.3. The maximum absolute atomic E-state index is 11.3. The fourth-order valence-corrected chi connectivity index (χ4v) is 2.14. The molecule has 1 heterocycles. The summed E-state index contributed by atoms with van der Waals surface area (Å²) < 4.78 is 6.21. The molecule has 0 spiro atoms. The first-order chi connectivity index (χ1) is 9.93. The van der Waals surface area contributed by atoms with Gasteiger partial charge in [0.2, 0.25) is 0 Å². The van der Waals surface area contributed by atoms with Crippen molar-refractivity contribution in [3.05, 3.63) is 56.9 Å². The highest BCUT2D eigenvalue weighted by atomic mass is 16.6. The fourth-order valence-electron chi connectivity index (χ4n) is 2.14. The molecule has 0 saturated heterocycles. The highest BCUT2D eigenvalue weighted by Crippen LogP contribution is 2.22. The second-order valence-electron chi connectivity index (χ2n) is 4.62. The summed E-state index contributed by atoms with van der Waals surface area (Å²) >= 11 is 0.